The molecule has 2 nitrogen and oxygen atoms in total. The van der Waals surface area contributed by atoms with E-state index < -0.39 is 0 Å². The molecule has 0 unspecified atom stereocenters. The summed E-state index contributed by atoms with van der Waals surface area (Å²) in [4.78, 5) is 0. The van der Waals surface area contributed by atoms with Gasteiger partial charge in [0.15, 0.2) is 0 Å². The zero-order chi connectivity index (χ0) is 6.27. The molecular weight excluding hydrogens is 114 g/mol. The van der Waals surface area contributed by atoms with E-state index in [0.29, 0.717) is 6.04 Å². The Morgan fingerprint density at radius 1 is 1.22 bits per heavy atom. The molecule has 52 valence electrons. The molecule has 3 atom stereocenters. The van der Waals surface area contributed by atoms with Crippen LogP contribution in [-0.2, 0) is 0 Å². The smallest absolute Gasteiger partial charge is 0.0696 e. The summed E-state index contributed by atoms with van der Waals surface area (Å²) in [6.45, 7) is 1.12. The van der Waals surface area contributed by atoms with E-state index >= 15 is 0 Å². The minimum Gasteiger partial charge on any atom is -0.391 e. The molecule has 2 aliphatic rings. The van der Waals surface area contributed by atoms with Crippen molar-refractivity contribution in [1.29, 1.82) is 0 Å². The first-order valence-corrected chi connectivity index (χ1v) is 3.79. The molecule has 1 saturated heterocycles. The maximum absolute atomic E-state index is 9.34. The van der Waals surface area contributed by atoms with Gasteiger partial charge in [-0.05, 0) is 31.7 Å². The molecule has 0 aromatic heterocycles. The minimum absolute atomic E-state index is 0.0440. The van der Waals surface area contributed by atoms with Crippen molar-refractivity contribution in [3.63, 3.8) is 0 Å². The largest absolute Gasteiger partial charge is 0.391 e. The van der Waals surface area contributed by atoms with E-state index in [9.17, 15) is 5.11 Å². The van der Waals surface area contributed by atoms with Crippen molar-refractivity contribution in [3.05, 3.63) is 0 Å². The summed E-state index contributed by atoms with van der Waals surface area (Å²) in [5.74, 6) is 0.792. The Hall–Kier alpha value is -0.0800. The number of rotatable bonds is 0. The van der Waals surface area contributed by atoms with Crippen LogP contribution in [0.25, 0.3) is 0 Å². The minimum atomic E-state index is -0.0440. The van der Waals surface area contributed by atoms with Gasteiger partial charge in [-0.3, -0.25) is 0 Å². The van der Waals surface area contributed by atoms with Crippen LogP contribution in [0.15, 0.2) is 0 Å². The lowest BCUT2D eigenvalue weighted by molar-refractivity contribution is 0.151. The molecule has 2 heteroatoms. The van der Waals surface area contributed by atoms with Gasteiger partial charge in [0.2, 0.25) is 0 Å². The van der Waals surface area contributed by atoms with E-state index in [4.69, 9.17) is 0 Å². The average Bonchev–Trinajstić information content (AvgIpc) is 2.35. The van der Waals surface area contributed by atoms with Gasteiger partial charge >= 0.3 is 0 Å². The first-order chi connectivity index (χ1) is 4.38. The van der Waals surface area contributed by atoms with Crippen LogP contribution in [0.3, 0.4) is 0 Å². The Labute approximate surface area is 55.3 Å². The summed E-state index contributed by atoms with van der Waals surface area (Å²) < 4.78 is 0. The van der Waals surface area contributed by atoms with Gasteiger partial charge in [-0.25, -0.2) is 0 Å². The first-order valence-electron chi connectivity index (χ1n) is 3.79. The molecule has 0 aromatic rings. The van der Waals surface area contributed by atoms with Gasteiger partial charge in [0.05, 0.1) is 6.10 Å². The van der Waals surface area contributed by atoms with Gasteiger partial charge in [-0.1, -0.05) is 0 Å². The molecule has 2 N–H and O–H groups in total. The third-order valence-electron chi connectivity index (χ3n) is 2.65. The molecule has 0 aromatic carbocycles. The lowest BCUT2D eigenvalue weighted by atomic mass is 10.0. The maximum atomic E-state index is 9.34. The van der Waals surface area contributed by atoms with E-state index in [1.165, 1.54) is 12.8 Å². The summed E-state index contributed by atoms with van der Waals surface area (Å²) in [6.07, 6.45) is 3.49. The molecular formula is C7H13NO. The zero-order valence-corrected chi connectivity index (χ0v) is 5.51. The van der Waals surface area contributed by atoms with Crippen molar-refractivity contribution in [2.75, 3.05) is 6.54 Å². The predicted octanol–water partition coefficient (Wildman–Crippen LogP) is 0.119. The van der Waals surface area contributed by atoms with Crippen LogP contribution in [-0.4, -0.2) is 23.8 Å². The second-order valence-electron chi connectivity index (χ2n) is 3.17. The molecule has 0 spiro atoms. The zero-order valence-electron chi connectivity index (χ0n) is 5.51. The normalized spacial score (nSPS) is 49.7. The topological polar surface area (TPSA) is 32.3 Å². The second-order valence-corrected chi connectivity index (χ2v) is 3.17. The van der Waals surface area contributed by atoms with Crippen LogP contribution in [0, 0.1) is 5.92 Å². The van der Waals surface area contributed by atoms with Gasteiger partial charge in [-0.15, -0.1) is 0 Å². The van der Waals surface area contributed by atoms with Crippen LogP contribution < -0.4 is 5.32 Å². The number of aliphatic hydroxyl groups excluding tert-OH is 1. The highest BCUT2D eigenvalue weighted by Crippen LogP contribution is 2.31. The van der Waals surface area contributed by atoms with Gasteiger partial charge in [-0.2, -0.15) is 0 Å². The highest BCUT2D eigenvalue weighted by molar-refractivity contribution is 4.94. The number of nitrogens with one attached hydrogen (secondary N) is 1. The fourth-order valence-electron chi connectivity index (χ4n) is 2.12. The van der Waals surface area contributed by atoms with Crippen molar-refractivity contribution in [2.24, 2.45) is 5.92 Å². The van der Waals surface area contributed by atoms with Crippen molar-refractivity contribution in [2.45, 2.75) is 31.4 Å². The van der Waals surface area contributed by atoms with E-state index in [-0.39, 0.29) is 6.10 Å². The molecule has 2 rings (SSSR count). The Morgan fingerprint density at radius 3 is 2.89 bits per heavy atom. The van der Waals surface area contributed by atoms with Crippen LogP contribution in [0.4, 0.5) is 0 Å². The Kier molecular flexibility index (Phi) is 1.24. The summed E-state index contributed by atoms with van der Waals surface area (Å²) in [7, 11) is 0. The van der Waals surface area contributed by atoms with Crippen molar-refractivity contribution < 1.29 is 5.11 Å². The molecule has 1 heterocycles. The van der Waals surface area contributed by atoms with Gasteiger partial charge in [0.25, 0.3) is 0 Å². The summed E-state index contributed by atoms with van der Waals surface area (Å²) >= 11 is 0. The second kappa shape index (κ2) is 1.96. The Bertz CT molecular complexity index is 115. The summed E-state index contributed by atoms with van der Waals surface area (Å²) in [5.41, 5.74) is 0. The van der Waals surface area contributed by atoms with Gasteiger partial charge in [0, 0.05) is 6.04 Å². The van der Waals surface area contributed by atoms with Crippen LogP contribution in [0.5, 0.6) is 0 Å². The summed E-state index contributed by atoms with van der Waals surface area (Å²) in [5, 5.41) is 12.7. The van der Waals surface area contributed by atoms with Crippen LogP contribution >= 0.6 is 0 Å². The highest BCUT2D eigenvalue weighted by atomic mass is 16.3. The maximum Gasteiger partial charge on any atom is 0.0696 e. The van der Waals surface area contributed by atoms with Gasteiger partial charge in [0.1, 0.15) is 0 Å². The highest BCUT2D eigenvalue weighted by Gasteiger charge is 2.37. The third kappa shape index (κ3) is 0.775. The number of aliphatic hydroxyl groups is 1. The van der Waals surface area contributed by atoms with Crippen LogP contribution in [0.1, 0.15) is 19.3 Å². The average molecular weight is 127 g/mol. The molecule has 2 fully saturated rings. The number of hydrogen-bond acceptors (Lipinski definition) is 2. The van der Waals surface area contributed by atoms with E-state index in [1.807, 2.05) is 0 Å². The number of hydrogen-bond donors (Lipinski definition) is 2. The van der Waals surface area contributed by atoms with Crippen molar-refractivity contribution >= 4 is 0 Å². The first kappa shape index (κ1) is 5.69. The quantitative estimate of drug-likeness (QED) is 0.484. The predicted molar refractivity (Wildman–Crippen MR) is 35.1 cm³/mol. The Morgan fingerprint density at radius 2 is 2.11 bits per heavy atom. The van der Waals surface area contributed by atoms with E-state index in [0.717, 1.165) is 18.9 Å². The molecule has 1 aliphatic heterocycles. The third-order valence-corrected chi connectivity index (χ3v) is 2.65. The van der Waals surface area contributed by atoms with Crippen molar-refractivity contribution in [1.82, 2.24) is 5.32 Å². The lowest BCUT2D eigenvalue weighted by Crippen LogP contribution is -2.33. The summed E-state index contributed by atoms with van der Waals surface area (Å²) in [6, 6.07) is 0.449. The van der Waals surface area contributed by atoms with Crippen molar-refractivity contribution in [3.8, 4) is 0 Å². The fraction of sp³-hybridized carbons (Fsp3) is 1.00. The fourth-order valence-corrected chi connectivity index (χ4v) is 2.12. The molecule has 0 amide bonds. The monoisotopic (exact) mass is 127 g/mol. The van der Waals surface area contributed by atoms with Gasteiger partial charge < -0.3 is 10.4 Å². The van der Waals surface area contributed by atoms with Crippen LogP contribution in [0.2, 0.25) is 0 Å². The molecule has 9 heavy (non-hydrogen) atoms. The standard InChI is InChI=1S/C7H13NO/c9-6-2-1-5-3-4-8-7(5)6/h5-9H,1-4H2/t5-,6-,7+/m1/s1. The molecule has 0 bridgehead atoms. The Balaban J connectivity index is 2.07. The molecule has 0 radical (unpaired) electrons. The van der Waals surface area contributed by atoms with E-state index in [2.05, 4.69) is 5.32 Å². The van der Waals surface area contributed by atoms with E-state index in [1.54, 1.807) is 0 Å². The molecule has 1 aliphatic carbocycles. The SMILES string of the molecule is O[C@@H]1CC[C@@H]2CCN[C@@H]21. The number of fused-ring (bicyclic) bond motifs is 1. The molecule has 1 saturated carbocycles. The lowest BCUT2D eigenvalue weighted by Gasteiger charge is -2.11.